The summed E-state index contributed by atoms with van der Waals surface area (Å²) in [5, 5.41) is 21.9. The molecule has 168 valence electrons. The Labute approximate surface area is 186 Å². The number of carboxylic acid groups (broad SMARTS) is 2. The highest BCUT2D eigenvalue weighted by molar-refractivity contribution is 5.91. The van der Waals surface area contributed by atoms with Gasteiger partial charge in [0.1, 0.15) is 11.4 Å². The Kier molecular flexibility index (Phi) is 7.27. The molecule has 0 aliphatic carbocycles. The molecule has 1 aliphatic heterocycles. The molecule has 0 atom stereocenters. The van der Waals surface area contributed by atoms with E-state index in [1.165, 1.54) is 30.5 Å². The summed E-state index contributed by atoms with van der Waals surface area (Å²) in [6.07, 6.45) is 4.99. The van der Waals surface area contributed by atoms with Crippen LogP contribution in [0.4, 0.5) is 5.82 Å². The molecule has 0 radical (unpaired) electrons. The van der Waals surface area contributed by atoms with Crippen LogP contribution in [0.5, 0.6) is 5.75 Å². The number of nitrogens with zero attached hydrogens (tertiary/aromatic N) is 3. The minimum Gasteiger partial charge on any atom is -0.494 e. The third kappa shape index (κ3) is 5.15. The lowest BCUT2D eigenvalue weighted by molar-refractivity contribution is -0.134. The van der Waals surface area contributed by atoms with Gasteiger partial charge in [-0.05, 0) is 43.5 Å². The van der Waals surface area contributed by atoms with Gasteiger partial charge in [-0.2, -0.15) is 0 Å². The summed E-state index contributed by atoms with van der Waals surface area (Å²) in [5.74, 6) is -0.491. The Hall–Kier alpha value is -3.65. The molecule has 3 aromatic rings. The standard InChI is InChI=1S/C20H24N3O.C4H4O4/c1-23(14-8-3-9-15-23)20-16-10-4-5-11-17(16)22(21-20)18-12-6-7-13-19(18)24-2;5-3(6)1-2-4(7)8/h4-7,10-13H,3,8-9,14-15H2,1-2H3;1-2H,(H,5,6)(H,7,8)/q+1;/b;2-1+. The minimum atomic E-state index is -1.26. The van der Waals surface area contributed by atoms with Crippen molar-refractivity contribution in [1.82, 2.24) is 14.3 Å². The second-order valence-corrected chi connectivity index (χ2v) is 7.84. The van der Waals surface area contributed by atoms with Crippen LogP contribution in [0.15, 0.2) is 60.7 Å². The summed E-state index contributed by atoms with van der Waals surface area (Å²) >= 11 is 0. The van der Waals surface area contributed by atoms with Crippen LogP contribution in [-0.2, 0) is 9.59 Å². The molecule has 1 aromatic heterocycles. The molecular formula is C24H28N3O5+. The summed E-state index contributed by atoms with van der Waals surface area (Å²) in [7, 11) is 4.03. The number of aliphatic carboxylic acids is 2. The van der Waals surface area contributed by atoms with Crippen LogP contribution in [0.3, 0.4) is 0 Å². The van der Waals surface area contributed by atoms with Gasteiger partial charge in [0.05, 0.1) is 38.1 Å². The van der Waals surface area contributed by atoms with Gasteiger partial charge in [-0.3, -0.25) is 4.48 Å². The number of quaternary nitrogens is 1. The number of para-hydroxylation sites is 3. The van der Waals surface area contributed by atoms with Gasteiger partial charge in [-0.25, -0.2) is 14.3 Å². The van der Waals surface area contributed by atoms with E-state index >= 15 is 0 Å². The van der Waals surface area contributed by atoms with Crippen LogP contribution in [0.1, 0.15) is 19.3 Å². The maximum absolute atomic E-state index is 9.55. The Balaban J connectivity index is 0.000000312. The van der Waals surface area contributed by atoms with Gasteiger partial charge in [0, 0.05) is 12.2 Å². The zero-order chi connectivity index (χ0) is 23.1. The number of fused-ring (bicyclic) bond motifs is 1. The molecule has 1 aliphatic rings. The van der Waals surface area contributed by atoms with Crippen LogP contribution in [0.25, 0.3) is 16.6 Å². The first-order chi connectivity index (χ1) is 15.4. The SMILES string of the molecule is COc1ccccc1-n1nc([N+]2(C)CCCCC2)c2ccccc21.O=C(O)/C=C/C(=O)O. The predicted molar refractivity (Wildman–Crippen MR) is 123 cm³/mol. The number of carbonyl (C=O) groups is 2. The molecular weight excluding hydrogens is 410 g/mol. The molecule has 0 bridgehead atoms. The first-order valence-corrected chi connectivity index (χ1v) is 10.5. The van der Waals surface area contributed by atoms with Crippen LogP contribution in [-0.4, -0.2) is 59.2 Å². The van der Waals surface area contributed by atoms with Crippen molar-refractivity contribution < 1.29 is 24.5 Å². The van der Waals surface area contributed by atoms with Crippen LogP contribution in [0, 0.1) is 0 Å². The van der Waals surface area contributed by atoms with Gasteiger partial charge in [0.15, 0.2) is 0 Å². The molecule has 0 spiro atoms. The molecule has 8 nitrogen and oxygen atoms in total. The van der Waals surface area contributed by atoms with Gasteiger partial charge in [-0.1, -0.05) is 24.3 Å². The lowest BCUT2D eigenvalue weighted by atomic mass is 10.1. The monoisotopic (exact) mass is 438 g/mol. The van der Waals surface area contributed by atoms with Gasteiger partial charge < -0.3 is 14.9 Å². The average Bonchev–Trinajstić information content (AvgIpc) is 3.19. The minimum absolute atomic E-state index is 0.558. The van der Waals surface area contributed by atoms with E-state index in [9.17, 15) is 9.59 Å². The summed E-state index contributed by atoms with van der Waals surface area (Å²) in [5.41, 5.74) is 2.13. The van der Waals surface area contributed by atoms with Crippen LogP contribution >= 0.6 is 0 Å². The van der Waals surface area contributed by atoms with Crippen molar-refractivity contribution >= 4 is 28.7 Å². The zero-order valence-corrected chi connectivity index (χ0v) is 18.3. The normalized spacial score (nSPS) is 15.2. The van der Waals surface area contributed by atoms with Gasteiger partial charge >= 0.3 is 11.9 Å². The van der Waals surface area contributed by atoms with E-state index in [0.29, 0.717) is 12.2 Å². The third-order valence-electron chi connectivity index (χ3n) is 5.56. The Morgan fingerprint density at radius 2 is 1.56 bits per heavy atom. The Morgan fingerprint density at radius 3 is 2.19 bits per heavy atom. The molecule has 0 amide bonds. The summed E-state index contributed by atoms with van der Waals surface area (Å²) < 4.78 is 8.53. The van der Waals surface area contributed by atoms with E-state index in [4.69, 9.17) is 20.0 Å². The highest BCUT2D eigenvalue weighted by atomic mass is 16.5. The number of aromatic nitrogens is 2. The van der Waals surface area contributed by atoms with E-state index in [1.807, 2.05) is 22.9 Å². The lowest BCUT2D eigenvalue weighted by Crippen LogP contribution is -2.49. The number of hydrogen-bond donors (Lipinski definition) is 2. The average molecular weight is 439 g/mol. The van der Waals surface area contributed by atoms with E-state index in [0.717, 1.165) is 34.5 Å². The fraction of sp³-hybridized carbons (Fsp3) is 0.292. The molecule has 0 saturated carbocycles. The number of methoxy groups -OCH3 is 1. The second-order valence-electron chi connectivity index (χ2n) is 7.84. The Bertz CT molecular complexity index is 1110. The van der Waals surface area contributed by atoms with Crippen molar-refractivity contribution in [2.75, 3.05) is 27.2 Å². The molecule has 32 heavy (non-hydrogen) atoms. The fourth-order valence-corrected chi connectivity index (χ4v) is 4.00. The van der Waals surface area contributed by atoms with E-state index < -0.39 is 11.9 Å². The van der Waals surface area contributed by atoms with Crippen LogP contribution in [0.2, 0.25) is 0 Å². The molecule has 2 aromatic carbocycles. The van der Waals surface area contributed by atoms with Crippen molar-refractivity contribution in [3.05, 3.63) is 60.7 Å². The summed E-state index contributed by atoms with van der Waals surface area (Å²) in [6.45, 7) is 2.32. The fourth-order valence-electron chi connectivity index (χ4n) is 4.00. The van der Waals surface area contributed by atoms with Crippen molar-refractivity contribution in [1.29, 1.82) is 0 Å². The van der Waals surface area contributed by atoms with E-state index in [-0.39, 0.29) is 0 Å². The summed E-state index contributed by atoms with van der Waals surface area (Å²) in [4.78, 5) is 19.1. The highest BCUT2D eigenvalue weighted by Gasteiger charge is 2.33. The number of rotatable bonds is 5. The number of carboxylic acids is 2. The predicted octanol–water partition coefficient (Wildman–Crippen LogP) is 3.87. The first-order valence-electron chi connectivity index (χ1n) is 10.5. The molecule has 1 fully saturated rings. The van der Waals surface area contributed by atoms with Gasteiger partial charge in [0.25, 0.3) is 5.82 Å². The van der Waals surface area contributed by atoms with Crippen molar-refractivity contribution in [3.63, 3.8) is 0 Å². The number of benzene rings is 2. The van der Waals surface area contributed by atoms with E-state index in [1.54, 1.807) is 7.11 Å². The highest BCUT2D eigenvalue weighted by Crippen LogP contribution is 2.35. The molecule has 2 heterocycles. The molecule has 8 heteroatoms. The number of likely N-dealkylation sites (tertiary alicyclic amines) is 1. The van der Waals surface area contributed by atoms with Crippen molar-refractivity contribution in [2.24, 2.45) is 0 Å². The third-order valence-corrected chi connectivity index (χ3v) is 5.56. The smallest absolute Gasteiger partial charge is 0.328 e. The van der Waals surface area contributed by atoms with Gasteiger partial charge in [-0.15, -0.1) is 5.10 Å². The number of hydrogen-bond acceptors (Lipinski definition) is 4. The maximum Gasteiger partial charge on any atom is 0.328 e. The molecule has 2 N–H and O–H groups in total. The number of piperidine rings is 1. The summed E-state index contributed by atoms with van der Waals surface area (Å²) in [6, 6.07) is 16.6. The van der Waals surface area contributed by atoms with E-state index in [2.05, 4.69) is 37.4 Å². The molecule has 4 rings (SSSR count). The molecule has 1 saturated heterocycles. The van der Waals surface area contributed by atoms with Crippen molar-refractivity contribution in [2.45, 2.75) is 19.3 Å². The largest absolute Gasteiger partial charge is 0.494 e. The molecule has 0 unspecified atom stereocenters. The second kappa shape index (κ2) is 10.1. The topological polar surface area (TPSA) is 102 Å². The van der Waals surface area contributed by atoms with Crippen LogP contribution < -0.4 is 9.22 Å². The Morgan fingerprint density at radius 1 is 0.969 bits per heavy atom. The van der Waals surface area contributed by atoms with Gasteiger partial charge in [0.2, 0.25) is 0 Å². The lowest BCUT2D eigenvalue weighted by Gasteiger charge is -2.35. The quantitative estimate of drug-likeness (QED) is 0.463. The zero-order valence-electron chi connectivity index (χ0n) is 18.3. The first kappa shape index (κ1) is 23.0. The number of ether oxygens (including phenoxy) is 1. The maximum atomic E-state index is 9.55. The van der Waals surface area contributed by atoms with Crippen molar-refractivity contribution in [3.8, 4) is 11.4 Å².